The van der Waals surface area contributed by atoms with Gasteiger partial charge in [-0.25, -0.2) is 0 Å². The highest BCUT2D eigenvalue weighted by Crippen LogP contribution is 2.54. The van der Waals surface area contributed by atoms with Gasteiger partial charge in [-0.05, 0) is 37.0 Å². The zero-order valence-corrected chi connectivity index (χ0v) is 9.38. The predicted octanol–water partition coefficient (Wildman–Crippen LogP) is 2.44. The zero-order valence-electron chi connectivity index (χ0n) is 9.38. The molecule has 14 heavy (non-hydrogen) atoms. The van der Waals surface area contributed by atoms with Gasteiger partial charge in [-0.1, -0.05) is 13.8 Å². The maximum absolute atomic E-state index is 11.9. The van der Waals surface area contributed by atoms with E-state index in [2.05, 4.69) is 18.7 Å². The Bertz CT molecular complexity index is 224. The molecular formula is C12H21NO. The number of nitrogens with zero attached hydrogens (tertiary/aromatic N) is 1. The van der Waals surface area contributed by atoms with Gasteiger partial charge in [0.15, 0.2) is 0 Å². The largest absolute Gasteiger partial charge is 0.343 e. The van der Waals surface area contributed by atoms with Gasteiger partial charge >= 0.3 is 0 Å². The molecule has 1 heterocycles. The fourth-order valence-electron chi connectivity index (χ4n) is 2.50. The Balaban J connectivity index is 1.88. The van der Waals surface area contributed by atoms with Crippen molar-refractivity contribution in [2.75, 3.05) is 13.1 Å². The van der Waals surface area contributed by atoms with Crippen LogP contribution in [0.1, 0.15) is 46.0 Å². The van der Waals surface area contributed by atoms with E-state index in [4.69, 9.17) is 0 Å². The molecule has 0 aromatic heterocycles. The fraction of sp³-hybridized carbons (Fsp3) is 0.917. The number of hydrogen-bond donors (Lipinski definition) is 0. The summed E-state index contributed by atoms with van der Waals surface area (Å²) in [5.41, 5.74) is 0.389. The summed E-state index contributed by atoms with van der Waals surface area (Å²) in [6, 6.07) is 0. The van der Waals surface area contributed by atoms with E-state index in [1.165, 1.54) is 25.7 Å². The van der Waals surface area contributed by atoms with Crippen LogP contribution in [0, 0.1) is 11.3 Å². The minimum Gasteiger partial charge on any atom is -0.343 e. The molecule has 1 aliphatic carbocycles. The van der Waals surface area contributed by atoms with Gasteiger partial charge < -0.3 is 4.90 Å². The molecule has 80 valence electrons. The van der Waals surface area contributed by atoms with Crippen LogP contribution in [0.4, 0.5) is 0 Å². The second-order valence-corrected chi connectivity index (χ2v) is 5.28. The first-order valence-corrected chi connectivity index (χ1v) is 5.92. The van der Waals surface area contributed by atoms with Crippen LogP contribution < -0.4 is 0 Å². The lowest BCUT2D eigenvalue weighted by molar-refractivity contribution is -0.131. The molecule has 0 N–H and O–H groups in total. The molecule has 0 aromatic carbocycles. The van der Waals surface area contributed by atoms with Crippen LogP contribution in [-0.4, -0.2) is 23.9 Å². The second kappa shape index (κ2) is 3.56. The van der Waals surface area contributed by atoms with Crippen molar-refractivity contribution >= 4 is 5.91 Å². The molecule has 2 nitrogen and oxygen atoms in total. The highest BCUT2D eigenvalue weighted by atomic mass is 16.2. The molecule has 2 heteroatoms. The predicted molar refractivity (Wildman–Crippen MR) is 56.9 cm³/mol. The summed E-state index contributed by atoms with van der Waals surface area (Å²) in [7, 11) is 0. The molecule has 0 aromatic rings. The van der Waals surface area contributed by atoms with Gasteiger partial charge in [0.25, 0.3) is 0 Å². The summed E-state index contributed by atoms with van der Waals surface area (Å²) < 4.78 is 0. The molecule has 0 bridgehead atoms. The summed E-state index contributed by atoms with van der Waals surface area (Å²) in [5, 5.41) is 0. The molecule has 0 atom stereocenters. The number of carbonyl (C=O) groups is 1. The highest BCUT2D eigenvalue weighted by molar-refractivity contribution is 5.77. The zero-order chi connectivity index (χ0) is 10.2. The number of amides is 1. The maximum atomic E-state index is 11.9. The smallest absolute Gasteiger partial charge is 0.223 e. The number of carbonyl (C=O) groups excluding carboxylic acids is 1. The third-order valence-electron chi connectivity index (χ3n) is 4.08. The van der Waals surface area contributed by atoms with Crippen molar-refractivity contribution in [2.24, 2.45) is 11.3 Å². The van der Waals surface area contributed by atoms with Crippen molar-refractivity contribution in [1.82, 2.24) is 4.90 Å². The molecule has 0 spiro atoms. The maximum Gasteiger partial charge on any atom is 0.223 e. The van der Waals surface area contributed by atoms with Gasteiger partial charge in [-0.2, -0.15) is 0 Å². The van der Waals surface area contributed by atoms with Crippen LogP contribution in [0.3, 0.4) is 0 Å². The van der Waals surface area contributed by atoms with Crippen LogP contribution in [-0.2, 0) is 4.79 Å². The monoisotopic (exact) mass is 195 g/mol. The minimum atomic E-state index is 0.389. The Hall–Kier alpha value is -0.530. The van der Waals surface area contributed by atoms with E-state index in [9.17, 15) is 4.79 Å². The topological polar surface area (TPSA) is 20.3 Å². The van der Waals surface area contributed by atoms with E-state index in [0.29, 0.717) is 17.2 Å². The Morgan fingerprint density at radius 1 is 1.29 bits per heavy atom. The van der Waals surface area contributed by atoms with Crippen molar-refractivity contribution in [1.29, 1.82) is 0 Å². The molecule has 2 rings (SSSR count). The van der Waals surface area contributed by atoms with Crippen molar-refractivity contribution in [3.05, 3.63) is 0 Å². The van der Waals surface area contributed by atoms with Gasteiger partial charge in [0, 0.05) is 19.5 Å². The quantitative estimate of drug-likeness (QED) is 0.677. The fourth-order valence-corrected chi connectivity index (χ4v) is 2.50. The average molecular weight is 195 g/mol. The highest BCUT2D eigenvalue weighted by Gasteiger charge is 2.47. The minimum absolute atomic E-state index is 0.389. The first-order valence-electron chi connectivity index (χ1n) is 5.92. The summed E-state index contributed by atoms with van der Waals surface area (Å²) in [4.78, 5) is 14.0. The van der Waals surface area contributed by atoms with Gasteiger partial charge in [-0.3, -0.25) is 4.79 Å². The number of likely N-dealkylation sites (tertiary alicyclic amines) is 1. The summed E-state index contributed by atoms with van der Waals surface area (Å²) in [5.74, 6) is 1.09. The van der Waals surface area contributed by atoms with Gasteiger partial charge in [0.1, 0.15) is 0 Å². The van der Waals surface area contributed by atoms with Crippen LogP contribution >= 0.6 is 0 Å². The van der Waals surface area contributed by atoms with Crippen LogP contribution in [0.2, 0.25) is 0 Å². The lowest BCUT2D eigenvalue weighted by atomic mass is 9.88. The van der Waals surface area contributed by atoms with Crippen LogP contribution in [0.15, 0.2) is 0 Å². The van der Waals surface area contributed by atoms with Crippen molar-refractivity contribution in [3.63, 3.8) is 0 Å². The Morgan fingerprint density at radius 2 is 1.86 bits per heavy atom. The van der Waals surface area contributed by atoms with E-state index < -0.39 is 0 Å². The first-order chi connectivity index (χ1) is 6.64. The second-order valence-electron chi connectivity index (χ2n) is 5.28. The molecule has 1 saturated heterocycles. The van der Waals surface area contributed by atoms with Crippen molar-refractivity contribution in [3.8, 4) is 0 Å². The Morgan fingerprint density at radius 3 is 2.29 bits per heavy atom. The SMILES string of the molecule is CC(C)C1(CC(=O)N2CCCC2)CC1. The molecular weight excluding hydrogens is 174 g/mol. The van der Waals surface area contributed by atoms with E-state index in [1.54, 1.807) is 0 Å². The average Bonchev–Trinajstić information content (AvgIpc) is 2.74. The molecule has 0 unspecified atom stereocenters. The van der Waals surface area contributed by atoms with E-state index >= 15 is 0 Å². The van der Waals surface area contributed by atoms with Gasteiger partial charge in [0.05, 0.1) is 0 Å². The third kappa shape index (κ3) is 1.79. The van der Waals surface area contributed by atoms with Gasteiger partial charge in [-0.15, -0.1) is 0 Å². The summed E-state index contributed by atoms with van der Waals surface area (Å²) in [6.07, 6.45) is 5.76. The summed E-state index contributed by atoms with van der Waals surface area (Å²) >= 11 is 0. The van der Waals surface area contributed by atoms with Gasteiger partial charge in [0.2, 0.25) is 5.91 Å². The molecule has 1 aliphatic heterocycles. The number of hydrogen-bond acceptors (Lipinski definition) is 1. The standard InChI is InChI=1S/C12H21NO/c1-10(2)12(5-6-12)9-11(14)13-7-3-4-8-13/h10H,3-9H2,1-2H3. The Kier molecular flexibility index (Phi) is 2.54. The molecule has 0 radical (unpaired) electrons. The normalized spacial score (nSPS) is 24.4. The summed E-state index contributed by atoms with van der Waals surface area (Å²) in [6.45, 7) is 6.52. The molecule has 2 aliphatic rings. The Labute approximate surface area is 86.7 Å². The van der Waals surface area contributed by atoms with E-state index in [0.717, 1.165) is 19.5 Å². The van der Waals surface area contributed by atoms with Crippen LogP contribution in [0.5, 0.6) is 0 Å². The molecule has 2 fully saturated rings. The lowest BCUT2D eigenvalue weighted by Gasteiger charge is -2.22. The number of rotatable bonds is 3. The lowest BCUT2D eigenvalue weighted by Crippen LogP contribution is -2.31. The molecule has 1 saturated carbocycles. The third-order valence-corrected chi connectivity index (χ3v) is 4.08. The molecule has 1 amide bonds. The van der Waals surface area contributed by atoms with Crippen molar-refractivity contribution in [2.45, 2.75) is 46.0 Å². The first kappa shape index (κ1) is 10.0. The van der Waals surface area contributed by atoms with E-state index in [1.807, 2.05) is 0 Å². The van der Waals surface area contributed by atoms with Crippen LogP contribution in [0.25, 0.3) is 0 Å². The van der Waals surface area contributed by atoms with Crippen molar-refractivity contribution < 1.29 is 4.79 Å². The van der Waals surface area contributed by atoms with E-state index in [-0.39, 0.29) is 0 Å².